The Morgan fingerprint density at radius 1 is 0.923 bits per heavy atom. The van der Waals surface area contributed by atoms with Gasteiger partial charge in [-0.25, -0.2) is 12.8 Å². The Labute approximate surface area is 157 Å². The predicted octanol–water partition coefficient (Wildman–Crippen LogP) is 4.23. The van der Waals surface area contributed by atoms with Crippen LogP contribution in [0, 0.1) is 5.82 Å². The molecule has 1 aromatic heterocycles. The molecule has 0 saturated carbocycles. The topological polar surface area (TPSA) is 88.4 Å². The molecule has 0 fully saturated rings. The molecule has 0 saturated heterocycles. The summed E-state index contributed by atoms with van der Waals surface area (Å²) in [5, 5.41) is 2.60. The fraction of sp³-hybridized carbons (Fsp3) is 0. The molecule has 0 radical (unpaired) electrons. The second-order valence-electron chi connectivity index (χ2n) is 5.19. The summed E-state index contributed by atoms with van der Waals surface area (Å²) in [4.78, 5) is 12.0. The van der Waals surface area contributed by atoms with E-state index in [9.17, 15) is 17.6 Å². The number of amides is 1. The van der Waals surface area contributed by atoms with Crippen molar-refractivity contribution in [2.24, 2.45) is 0 Å². The molecule has 3 aromatic rings. The van der Waals surface area contributed by atoms with E-state index in [4.69, 9.17) is 4.42 Å². The van der Waals surface area contributed by atoms with Crippen LogP contribution in [0.1, 0.15) is 10.6 Å². The zero-order chi connectivity index (χ0) is 18.7. The van der Waals surface area contributed by atoms with Gasteiger partial charge in [0.2, 0.25) is 0 Å². The SMILES string of the molecule is O=C(Nc1ccc(S(=O)(=O)Nc2ccc(F)cc2)cc1)c1ccc(Br)o1. The van der Waals surface area contributed by atoms with Crippen molar-refractivity contribution in [2.75, 3.05) is 10.0 Å². The Kier molecular flexibility index (Phi) is 5.10. The molecule has 0 aliphatic carbocycles. The molecule has 0 atom stereocenters. The van der Waals surface area contributed by atoms with E-state index >= 15 is 0 Å². The van der Waals surface area contributed by atoms with Gasteiger partial charge in [0, 0.05) is 11.4 Å². The first-order valence-electron chi connectivity index (χ1n) is 7.29. The van der Waals surface area contributed by atoms with Crippen molar-refractivity contribution in [3.05, 3.63) is 76.9 Å². The van der Waals surface area contributed by atoms with Gasteiger partial charge in [0.1, 0.15) is 5.82 Å². The van der Waals surface area contributed by atoms with E-state index in [2.05, 4.69) is 26.0 Å². The Morgan fingerprint density at radius 3 is 2.12 bits per heavy atom. The minimum Gasteiger partial charge on any atom is -0.444 e. The highest BCUT2D eigenvalue weighted by atomic mass is 79.9. The van der Waals surface area contributed by atoms with Gasteiger partial charge < -0.3 is 9.73 Å². The number of halogens is 2. The lowest BCUT2D eigenvalue weighted by molar-refractivity contribution is 0.0995. The molecular weight excluding hydrogens is 427 g/mol. The third kappa shape index (κ3) is 4.30. The van der Waals surface area contributed by atoms with E-state index < -0.39 is 21.7 Å². The first-order valence-corrected chi connectivity index (χ1v) is 9.56. The van der Waals surface area contributed by atoms with Gasteiger partial charge in [-0.05, 0) is 76.6 Å². The highest BCUT2D eigenvalue weighted by Gasteiger charge is 2.15. The molecule has 3 rings (SSSR count). The maximum atomic E-state index is 12.9. The highest BCUT2D eigenvalue weighted by Crippen LogP contribution is 2.20. The number of anilines is 2. The Balaban J connectivity index is 1.71. The van der Waals surface area contributed by atoms with Gasteiger partial charge in [-0.1, -0.05) is 0 Å². The zero-order valence-electron chi connectivity index (χ0n) is 13.1. The molecule has 6 nitrogen and oxygen atoms in total. The van der Waals surface area contributed by atoms with Crippen LogP contribution in [0.5, 0.6) is 0 Å². The second kappa shape index (κ2) is 7.30. The number of rotatable bonds is 5. The number of benzene rings is 2. The normalized spacial score (nSPS) is 11.2. The molecule has 0 spiro atoms. The van der Waals surface area contributed by atoms with Crippen LogP contribution in [0.4, 0.5) is 15.8 Å². The fourth-order valence-corrected chi connectivity index (χ4v) is 3.44. The van der Waals surface area contributed by atoms with E-state index in [0.29, 0.717) is 10.4 Å². The van der Waals surface area contributed by atoms with Crippen molar-refractivity contribution in [1.29, 1.82) is 0 Å². The van der Waals surface area contributed by atoms with Gasteiger partial charge in [-0.2, -0.15) is 0 Å². The summed E-state index contributed by atoms with van der Waals surface area (Å²) < 4.78 is 45.5. The fourth-order valence-electron chi connectivity index (χ4n) is 2.08. The van der Waals surface area contributed by atoms with Crippen LogP contribution in [0.2, 0.25) is 0 Å². The van der Waals surface area contributed by atoms with Crippen LogP contribution in [0.15, 0.2) is 74.6 Å². The third-order valence-electron chi connectivity index (χ3n) is 3.32. The molecule has 26 heavy (non-hydrogen) atoms. The van der Waals surface area contributed by atoms with Gasteiger partial charge in [0.05, 0.1) is 4.90 Å². The van der Waals surface area contributed by atoms with Crippen molar-refractivity contribution >= 4 is 43.2 Å². The van der Waals surface area contributed by atoms with Crippen LogP contribution in [0.25, 0.3) is 0 Å². The molecular formula is C17H12BrFN2O4S. The van der Waals surface area contributed by atoms with Gasteiger partial charge in [0.15, 0.2) is 10.4 Å². The number of carbonyl (C=O) groups excluding carboxylic acids is 1. The summed E-state index contributed by atoms with van der Waals surface area (Å²) in [5.41, 5.74) is 0.649. The monoisotopic (exact) mass is 438 g/mol. The summed E-state index contributed by atoms with van der Waals surface area (Å²) in [7, 11) is -3.83. The zero-order valence-corrected chi connectivity index (χ0v) is 15.5. The summed E-state index contributed by atoms with van der Waals surface area (Å²) >= 11 is 3.11. The third-order valence-corrected chi connectivity index (χ3v) is 5.14. The Morgan fingerprint density at radius 2 is 1.54 bits per heavy atom. The molecule has 0 aliphatic heterocycles. The van der Waals surface area contributed by atoms with Gasteiger partial charge in [-0.15, -0.1) is 0 Å². The van der Waals surface area contributed by atoms with Gasteiger partial charge >= 0.3 is 0 Å². The molecule has 2 N–H and O–H groups in total. The number of furan rings is 1. The number of hydrogen-bond donors (Lipinski definition) is 2. The van der Waals surface area contributed by atoms with Crippen LogP contribution >= 0.6 is 15.9 Å². The van der Waals surface area contributed by atoms with Crippen molar-refractivity contribution < 1.29 is 22.0 Å². The van der Waals surface area contributed by atoms with E-state index in [1.54, 1.807) is 6.07 Å². The molecule has 1 amide bonds. The highest BCUT2D eigenvalue weighted by molar-refractivity contribution is 9.10. The number of carbonyl (C=O) groups is 1. The maximum absolute atomic E-state index is 12.9. The Hall–Kier alpha value is -2.65. The molecule has 9 heteroatoms. The largest absolute Gasteiger partial charge is 0.444 e. The minimum absolute atomic E-state index is 0.000525. The molecule has 2 aromatic carbocycles. The number of nitrogens with one attached hydrogen (secondary N) is 2. The first-order chi connectivity index (χ1) is 12.3. The van der Waals surface area contributed by atoms with Crippen LogP contribution in [-0.2, 0) is 10.0 Å². The first kappa shape index (κ1) is 18.2. The quantitative estimate of drug-likeness (QED) is 0.623. The average molecular weight is 439 g/mol. The second-order valence-corrected chi connectivity index (χ2v) is 7.66. The standard InChI is InChI=1S/C17H12BrFN2O4S/c18-16-10-9-15(25-16)17(22)20-12-5-7-14(8-6-12)26(23,24)21-13-3-1-11(19)2-4-13/h1-10,21H,(H,20,22). The van der Waals surface area contributed by atoms with Crippen LogP contribution in [0.3, 0.4) is 0 Å². The maximum Gasteiger partial charge on any atom is 0.291 e. The van der Waals surface area contributed by atoms with E-state index in [1.807, 2.05) is 0 Å². The Bertz CT molecular complexity index is 1030. The summed E-state index contributed by atoms with van der Waals surface area (Å²) in [6.45, 7) is 0. The minimum atomic E-state index is -3.83. The van der Waals surface area contributed by atoms with Crippen molar-refractivity contribution in [2.45, 2.75) is 4.90 Å². The van der Waals surface area contributed by atoms with E-state index in [-0.39, 0.29) is 16.3 Å². The predicted molar refractivity (Wildman–Crippen MR) is 98.0 cm³/mol. The van der Waals surface area contributed by atoms with Crippen LogP contribution < -0.4 is 10.0 Å². The summed E-state index contributed by atoms with van der Waals surface area (Å²) in [6, 6.07) is 13.7. The number of hydrogen-bond acceptors (Lipinski definition) is 4. The average Bonchev–Trinajstić information content (AvgIpc) is 3.04. The van der Waals surface area contributed by atoms with Crippen molar-refractivity contribution in [3.8, 4) is 0 Å². The van der Waals surface area contributed by atoms with Gasteiger partial charge in [-0.3, -0.25) is 9.52 Å². The van der Waals surface area contributed by atoms with E-state index in [1.165, 1.54) is 42.5 Å². The number of sulfonamides is 1. The molecule has 134 valence electrons. The summed E-state index contributed by atoms with van der Waals surface area (Å²) in [5.74, 6) is -0.807. The molecule has 0 unspecified atom stereocenters. The lowest BCUT2D eigenvalue weighted by Crippen LogP contribution is -2.14. The lowest BCUT2D eigenvalue weighted by atomic mass is 10.3. The van der Waals surface area contributed by atoms with Crippen molar-refractivity contribution in [1.82, 2.24) is 0 Å². The molecule has 1 heterocycles. The van der Waals surface area contributed by atoms with E-state index in [0.717, 1.165) is 12.1 Å². The molecule has 0 bridgehead atoms. The van der Waals surface area contributed by atoms with Crippen molar-refractivity contribution in [3.63, 3.8) is 0 Å². The molecule has 0 aliphatic rings. The lowest BCUT2D eigenvalue weighted by Gasteiger charge is -2.09. The van der Waals surface area contributed by atoms with Gasteiger partial charge in [0.25, 0.3) is 15.9 Å². The van der Waals surface area contributed by atoms with Crippen LogP contribution in [-0.4, -0.2) is 14.3 Å². The summed E-state index contributed by atoms with van der Waals surface area (Å²) in [6.07, 6.45) is 0. The smallest absolute Gasteiger partial charge is 0.291 e.